The van der Waals surface area contributed by atoms with Crippen molar-refractivity contribution in [3.8, 4) is 5.75 Å². The molecule has 10 nitrogen and oxygen atoms in total. The molecule has 0 fully saturated rings. The van der Waals surface area contributed by atoms with E-state index >= 15 is 0 Å². The molecule has 0 atom stereocenters. The summed E-state index contributed by atoms with van der Waals surface area (Å²) < 4.78 is 31.8. The SMILES string of the molecule is COc1cccc(CNC(=O)CN(C)S(=O)(=O)c2ccc3c(c2)C(=O)NCC(=O)N3)c1. The highest BCUT2D eigenvalue weighted by molar-refractivity contribution is 7.89. The van der Waals surface area contributed by atoms with E-state index in [1.165, 1.54) is 32.4 Å². The number of sulfonamides is 1. The largest absolute Gasteiger partial charge is 0.497 e. The van der Waals surface area contributed by atoms with Gasteiger partial charge in [0.15, 0.2) is 0 Å². The molecule has 0 radical (unpaired) electrons. The number of rotatable bonds is 7. The molecule has 31 heavy (non-hydrogen) atoms. The highest BCUT2D eigenvalue weighted by Gasteiger charge is 2.26. The zero-order valence-electron chi connectivity index (χ0n) is 17.0. The molecule has 3 N–H and O–H groups in total. The van der Waals surface area contributed by atoms with Crippen molar-refractivity contribution in [3.05, 3.63) is 53.6 Å². The van der Waals surface area contributed by atoms with Gasteiger partial charge in [-0.15, -0.1) is 0 Å². The number of methoxy groups -OCH3 is 1. The van der Waals surface area contributed by atoms with E-state index in [4.69, 9.17) is 4.74 Å². The van der Waals surface area contributed by atoms with Gasteiger partial charge in [-0.05, 0) is 35.9 Å². The van der Waals surface area contributed by atoms with Crippen LogP contribution in [0.1, 0.15) is 15.9 Å². The van der Waals surface area contributed by atoms with Crippen LogP contribution in [0.2, 0.25) is 0 Å². The van der Waals surface area contributed by atoms with Crippen molar-refractivity contribution in [3.63, 3.8) is 0 Å². The molecular weight excluding hydrogens is 424 g/mol. The van der Waals surface area contributed by atoms with Crippen LogP contribution < -0.4 is 20.7 Å². The van der Waals surface area contributed by atoms with Crippen molar-refractivity contribution in [2.75, 3.05) is 32.6 Å². The lowest BCUT2D eigenvalue weighted by Gasteiger charge is -2.18. The second-order valence-electron chi connectivity index (χ2n) is 6.83. The minimum absolute atomic E-state index is 0.0304. The topological polar surface area (TPSA) is 134 Å². The van der Waals surface area contributed by atoms with Crippen molar-refractivity contribution in [2.45, 2.75) is 11.4 Å². The fourth-order valence-electron chi connectivity index (χ4n) is 2.94. The summed E-state index contributed by atoms with van der Waals surface area (Å²) in [6, 6.07) is 10.9. The summed E-state index contributed by atoms with van der Waals surface area (Å²) in [5.41, 5.74) is 1.05. The van der Waals surface area contributed by atoms with Crippen LogP contribution in [-0.2, 0) is 26.2 Å². The van der Waals surface area contributed by atoms with E-state index in [0.717, 1.165) is 9.87 Å². The summed E-state index contributed by atoms with van der Waals surface area (Å²) in [4.78, 5) is 35.9. The van der Waals surface area contributed by atoms with E-state index in [-0.39, 0.29) is 29.2 Å². The molecule has 164 valence electrons. The van der Waals surface area contributed by atoms with Gasteiger partial charge in [-0.3, -0.25) is 14.4 Å². The number of likely N-dealkylation sites (N-methyl/N-ethyl adjacent to an activating group) is 1. The Balaban J connectivity index is 1.69. The van der Waals surface area contributed by atoms with Gasteiger partial charge >= 0.3 is 0 Å². The number of amides is 3. The minimum Gasteiger partial charge on any atom is -0.497 e. The summed E-state index contributed by atoms with van der Waals surface area (Å²) in [6.07, 6.45) is 0. The number of ether oxygens (including phenoxy) is 1. The first-order valence-corrected chi connectivity index (χ1v) is 10.7. The van der Waals surface area contributed by atoms with Gasteiger partial charge in [-0.1, -0.05) is 12.1 Å². The maximum Gasteiger partial charge on any atom is 0.253 e. The first-order valence-electron chi connectivity index (χ1n) is 9.29. The Hall–Kier alpha value is -3.44. The fourth-order valence-corrected chi connectivity index (χ4v) is 4.09. The molecule has 2 aromatic carbocycles. The molecule has 0 unspecified atom stereocenters. The Kier molecular flexibility index (Phi) is 6.56. The molecule has 0 bridgehead atoms. The highest BCUT2D eigenvalue weighted by Crippen LogP contribution is 2.23. The summed E-state index contributed by atoms with van der Waals surface area (Å²) in [7, 11) is -1.24. The van der Waals surface area contributed by atoms with Crippen molar-refractivity contribution < 1.29 is 27.5 Å². The van der Waals surface area contributed by atoms with Crippen LogP contribution in [0.4, 0.5) is 5.69 Å². The van der Waals surface area contributed by atoms with Gasteiger partial charge in [0.25, 0.3) is 5.91 Å². The lowest BCUT2D eigenvalue weighted by atomic mass is 10.1. The highest BCUT2D eigenvalue weighted by atomic mass is 32.2. The van der Waals surface area contributed by atoms with E-state index in [9.17, 15) is 22.8 Å². The Morgan fingerprint density at radius 2 is 1.97 bits per heavy atom. The smallest absolute Gasteiger partial charge is 0.253 e. The summed E-state index contributed by atoms with van der Waals surface area (Å²) in [5, 5.41) is 7.59. The van der Waals surface area contributed by atoms with Gasteiger partial charge in [-0.25, -0.2) is 8.42 Å². The summed E-state index contributed by atoms with van der Waals surface area (Å²) in [6.45, 7) is -0.405. The molecule has 0 saturated heterocycles. The Morgan fingerprint density at radius 3 is 2.71 bits per heavy atom. The fraction of sp³-hybridized carbons (Fsp3) is 0.250. The number of fused-ring (bicyclic) bond motifs is 1. The van der Waals surface area contributed by atoms with Crippen LogP contribution >= 0.6 is 0 Å². The summed E-state index contributed by atoms with van der Waals surface area (Å²) >= 11 is 0. The molecule has 1 aliphatic heterocycles. The van der Waals surface area contributed by atoms with Crippen molar-refractivity contribution in [2.24, 2.45) is 0 Å². The normalized spacial score (nSPS) is 13.6. The van der Waals surface area contributed by atoms with E-state index in [0.29, 0.717) is 5.75 Å². The predicted octanol–water partition coefficient (Wildman–Crippen LogP) is 0.314. The van der Waals surface area contributed by atoms with E-state index in [1.807, 2.05) is 6.07 Å². The van der Waals surface area contributed by atoms with Gasteiger partial charge in [0.2, 0.25) is 21.8 Å². The Bertz CT molecular complexity index is 1130. The number of anilines is 1. The van der Waals surface area contributed by atoms with Gasteiger partial charge in [0.05, 0.1) is 36.3 Å². The Labute approximate surface area is 179 Å². The Morgan fingerprint density at radius 1 is 1.19 bits per heavy atom. The van der Waals surface area contributed by atoms with Crippen molar-refractivity contribution >= 4 is 33.4 Å². The molecule has 0 saturated carbocycles. The maximum absolute atomic E-state index is 12.9. The number of hydrogen-bond donors (Lipinski definition) is 3. The third-order valence-corrected chi connectivity index (χ3v) is 6.42. The number of benzene rings is 2. The minimum atomic E-state index is -4.05. The molecule has 0 spiro atoms. The van der Waals surface area contributed by atoms with Crippen molar-refractivity contribution in [1.82, 2.24) is 14.9 Å². The number of nitrogens with one attached hydrogen (secondary N) is 3. The first-order chi connectivity index (χ1) is 14.7. The zero-order chi connectivity index (χ0) is 22.6. The molecular formula is C20H22N4O6S. The quantitative estimate of drug-likeness (QED) is 0.561. The lowest BCUT2D eigenvalue weighted by molar-refractivity contribution is -0.121. The molecule has 3 amide bonds. The van der Waals surface area contributed by atoms with E-state index < -0.39 is 34.3 Å². The number of hydrogen-bond acceptors (Lipinski definition) is 6. The molecule has 3 rings (SSSR count). The molecule has 1 heterocycles. The third kappa shape index (κ3) is 5.19. The molecule has 1 aliphatic rings. The second kappa shape index (κ2) is 9.14. The van der Waals surface area contributed by atoms with Crippen molar-refractivity contribution in [1.29, 1.82) is 0 Å². The maximum atomic E-state index is 12.9. The van der Waals surface area contributed by atoms with Gasteiger partial charge in [0, 0.05) is 13.6 Å². The zero-order valence-corrected chi connectivity index (χ0v) is 17.8. The third-order valence-electron chi connectivity index (χ3n) is 4.62. The lowest BCUT2D eigenvalue weighted by Crippen LogP contribution is -2.38. The van der Waals surface area contributed by atoms with Crippen LogP contribution in [-0.4, -0.2) is 57.7 Å². The predicted molar refractivity (Wildman–Crippen MR) is 112 cm³/mol. The number of carbonyl (C=O) groups excluding carboxylic acids is 3. The van der Waals surface area contributed by atoms with Crippen LogP contribution in [0.25, 0.3) is 0 Å². The van der Waals surface area contributed by atoms with Gasteiger partial charge < -0.3 is 20.7 Å². The van der Waals surface area contributed by atoms with E-state index in [1.54, 1.807) is 18.2 Å². The number of carbonyl (C=O) groups is 3. The van der Waals surface area contributed by atoms with E-state index in [2.05, 4.69) is 16.0 Å². The van der Waals surface area contributed by atoms with Crippen LogP contribution in [0, 0.1) is 0 Å². The van der Waals surface area contributed by atoms with Crippen LogP contribution in [0.3, 0.4) is 0 Å². The molecule has 11 heteroatoms. The average molecular weight is 446 g/mol. The standard InChI is InChI=1S/C20H22N4O6S/c1-24(12-19(26)21-10-13-4-3-5-14(8-13)30-2)31(28,29)15-6-7-17-16(9-15)20(27)22-11-18(25)23-17/h3-9H,10-12H2,1-2H3,(H,21,26)(H,22,27)(H,23,25). The van der Waals surface area contributed by atoms with Gasteiger partial charge in [-0.2, -0.15) is 4.31 Å². The number of nitrogens with zero attached hydrogens (tertiary/aromatic N) is 1. The average Bonchev–Trinajstić information content (AvgIpc) is 2.90. The summed E-state index contributed by atoms with van der Waals surface area (Å²) in [5.74, 6) is -0.819. The van der Waals surface area contributed by atoms with Crippen LogP contribution in [0.5, 0.6) is 5.75 Å². The van der Waals surface area contributed by atoms with Crippen LogP contribution in [0.15, 0.2) is 47.4 Å². The first kappa shape index (κ1) is 22.2. The molecule has 2 aromatic rings. The molecule has 0 aromatic heterocycles. The second-order valence-corrected chi connectivity index (χ2v) is 8.87. The molecule has 0 aliphatic carbocycles. The monoisotopic (exact) mass is 446 g/mol. The van der Waals surface area contributed by atoms with Gasteiger partial charge in [0.1, 0.15) is 5.75 Å².